The van der Waals surface area contributed by atoms with E-state index in [0.717, 1.165) is 38.0 Å². The molecule has 0 aromatic heterocycles. The zero-order chi connectivity index (χ0) is 15.9. The first-order valence-electron chi connectivity index (χ1n) is 8.26. The minimum Gasteiger partial charge on any atom is -0.482 e. The fraction of sp³-hybridized carbons (Fsp3) is 0.529. The highest BCUT2D eigenvalue weighted by atomic mass is 16.5. The Morgan fingerprint density at radius 2 is 2.26 bits per heavy atom. The molecule has 1 aromatic rings. The van der Waals surface area contributed by atoms with Gasteiger partial charge in [0.1, 0.15) is 5.75 Å². The predicted octanol–water partition coefficient (Wildman–Crippen LogP) is 1.74. The summed E-state index contributed by atoms with van der Waals surface area (Å²) < 4.78 is 5.41. The van der Waals surface area contributed by atoms with E-state index in [9.17, 15) is 9.59 Å². The Morgan fingerprint density at radius 1 is 1.35 bits per heavy atom. The van der Waals surface area contributed by atoms with Crippen molar-refractivity contribution in [3.05, 3.63) is 18.2 Å². The highest BCUT2D eigenvalue weighted by Gasteiger charge is 2.49. The van der Waals surface area contributed by atoms with Gasteiger partial charge in [-0.2, -0.15) is 0 Å². The average Bonchev–Trinajstić information content (AvgIpc) is 3.00. The Balaban J connectivity index is 1.54. The number of carbonyl (C=O) groups excluding carboxylic acids is 2. The molecule has 2 fully saturated rings. The van der Waals surface area contributed by atoms with E-state index in [2.05, 4.69) is 16.0 Å². The van der Waals surface area contributed by atoms with Crippen LogP contribution in [0.3, 0.4) is 0 Å². The van der Waals surface area contributed by atoms with Gasteiger partial charge < -0.3 is 20.7 Å². The Labute approximate surface area is 135 Å². The normalized spacial score (nSPS) is 29.0. The third-order valence-corrected chi connectivity index (χ3v) is 5.36. The molecule has 1 aliphatic carbocycles. The van der Waals surface area contributed by atoms with E-state index in [1.165, 1.54) is 6.42 Å². The number of rotatable bonds is 2. The topological polar surface area (TPSA) is 79.5 Å². The molecule has 0 bridgehead atoms. The second kappa shape index (κ2) is 5.53. The van der Waals surface area contributed by atoms with Crippen molar-refractivity contribution in [1.82, 2.24) is 5.32 Å². The van der Waals surface area contributed by atoms with E-state index in [1.54, 1.807) is 12.1 Å². The molecule has 1 saturated carbocycles. The van der Waals surface area contributed by atoms with Gasteiger partial charge in [-0.25, -0.2) is 0 Å². The van der Waals surface area contributed by atoms with E-state index >= 15 is 0 Å². The first kappa shape index (κ1) is 14.5. The van der Waals surface area contributed by atoms with Gasteiger partial charge in [-0.1, -0.05) is 12.8 Å². The molecule has 6 nitrogen and oxygen atoms in total. The average molecular weight is 315 g/mol. The van der Waals surface area contributed by atoms with Gasteiger partial charge in [-0.3, -0.25) is 9.59 Å². The summed E-state index contributed by atoms with van der Waals surface area (Å²) in [5.41, 5.74) is 1.09. The maximum Gasteiger partial charge on any atom is 0.262 e. The lowest BCUT2D eigenvalue weighted by Crippen LogP contribution is -2.44. The number of carbonyl (C=O) groups is 2. The molecule has 1 aromatic carbocycles. The maximum atomic E-state index is 12.9. The molecule has 2 aliphatic heterocycles. The van der Waals surface area contributed by atoms with Gasteiger partial charge in [-0.15, -0.1) is 0 Å². The van der Waals surface area contributed by atoms with Crippen LogP contribution >= 0.6 is 0 Å². The second-order valence-corrected chi connectivity index (χ2v) is 6.73. The molecule has 0 unspecified atom stereocenters. The fourth-order valence-electron chi connectivity index (χ4n) is 4.10. The lowest BCUT2D eigenvalue weighted by atomic mass is 9.67. The van der Waals surface area contributed by atoms with Gasteiger partial charge in [0.2, 0.25) is 5.91 Å². The third kappa shape index (κ3) is 2.47. The Morgan fingerprint density at radius 3 is 3.17 bits per heavy atom. The SMILES string of the molecule is O=C1COc2cc(NC(=O)[C@@]34CCCC[C@H]3CNC4)ccc2N1. The zero-order valence-electron chi connectivity index (χ0n) is 13.0. The van der Waals surface area contributed by atoms with Crippen LogP contribution in [0, 0.1) is 11.3 Å². The molecule has 122 valence electrons. The predicted molar refractivity (Wildman–Crippen MR) is 86.5 cm³/mol. The lowest BCUT2D eigenvalue weighted by molar-refractivity contribution is -0.128. The molecule has 2 atom stereocenters. The van der Waals surface area contributed by atoms with Crippen molar-refractivity contribution in [2.24, 2.45) is 11.3 Å². The molecule has 3 N–H and O–H groups in total. The minimum absolute atomic E-state index is 0.0142. The van der Waals surface area contributed by atoms with Crippen LogP contribution in [0.5, 0.6) is 5.75 Å². The van der Waals surface area contributed by atoms with E-state index in [0.29, 0.717) is 17.4 Å². The highest BCUT2D eigenvalue weighted by Crippen LogP contribution is 2.44. The first-order chi connectivity index (χ1) is 11.2. The molecule has 2 heterocycles. The van der Waals surface area contributed by atoms with E-state index < -0.39 is 0 Å². The summed E-state index contributed by atoms with van der Waals surface area (Å²) in [5.74, 6) is 0.983. The number of hydrogen-bond acceptors (Lipinski definition) is 4. The summed E-state index contributed by atoms with van der Waals surface area (Å²) >= 11 is 0. The summed E-state index contributed by atoms with van der Waals surface area (Å²) in [4.78, 5) is 24.2. The van der Waals surface area contributed by atoms with Crippen molar-refractivity contribution in [2.45, 2.75) is 25.7 Å². The number of anilines is 2. The molecule has 0 radical (unpaired) electrons. The number of hydrogen-bond donors (Lipinski definition) is 3. The van der Waals surface area contributed by atoms with Crippen molar-refractivity contribution in [3.63, 3.8) is 0 Å². The molecule has 4 rings (SSSR count). The van der Waals surface area contributed by atoms with Crippen LogP contribution in [0.1, 0.15) is 25.7 Å². The van der Waals surface area contributed by atoms with Crippen molar-refractivity contribution >= 4 is 23.2 Å². The van der Waals surface area contributed by atoms with Gasteiger partial charge in [0.05, 0.1) is 11.1 Å². The quantitative estimate of drug-likeness (QED) is 0.776. The van der Waals surface area contributed by atoms with Gasteiger partial charge in [0, 0.05) is 18.3 Å². The van der Waals surface area contributed by atoms with Crippen LogP contribution in [0.4, 0.5) is 11.4 Å². The standard InChI is InChI=1S/C17H21N3O3/c21-15-9-23-14-7-12(4-5-13(14)20-15)19-16(22)17-6-2-1-3-11(17)8-18-10-17/h4-5,7,11,18H,1-3,6,8-10H2,(H,19,22)(H,20,21)/t11-,17+/m0/s1. The van der Waals surface area contributed by atoms with Crippen molar-refractivity contribution in [3.8, 4) is 5.75 Å². The van der Waals surface area contributed by atoms with Crippen LogP contribution < -0.4 is 20.7 Å². The van der Waals surface area contributed by atoms with Crippen LogP contribution in [-0.2, 0) is 9.59 Å². The summed E-state index contributed by atoms with van der Waals surface area (Å²) in [6, 6.07) is 5.36. The van der Waals surface area contributed by atoms with Crippen molar-refractivity contribution in [1.29, 1.82) is 0 Å². The smallest absolute Gasteiger partial charge is 0.262 e. The molecule has 23 heavy (non-hydrogen) atoms. The highest BCUT2D eigenvalue weighted by molar-refractivity contribution is 5.98. The molecule has 6 heteroatoms. The minimum atomic E-state index is -0.275. The molecular formula is C17H21N3O3. The largest absolute Gasteiger partial charge is 0.482 e. The first-order valence-corrected chi connectivity index (χ1v) is 8.26. The second-order valence-electron chi connectivity index (χ2n) is 6.73. The third-order valence-electron chi connectivity index (χ3n) is 5.36. The van der Waals surface area contributed by atoms with E-state index in [4.69, 9.17) is 4.74 Å². The molecular weight excluding hydrogens is 294 g/mol. The summed E-state index contributed by atoms with van der Waals surface area (Å²) in [7, 11) is 0. The number of benzene rings is 1. The van der Waals surface area contributed by atoms with Crippen LogP contribution in [-0.4, -0.2) is 31.5 Å². The summed E-state index contributed by atoms with van der Waals surface area (Å²) in [5, 5.41) is 9.21. The molecule has 3 aliphatic rings. The molecule has 2 amide bonds. The number of fused-ring (bicyclic) bond motifs is 2. The lowest BCUT2D eigenvalue weighted by Gasteiger charge is -2.37. The van der Waals surface area contributed by atoms with Crippen LogP contribution in [0.15, 0.2) is 18.2 Å². The van der Waals surface area contributed by atoms with Crippen molar-refractivity contribution in [2.75, 3.05) is 30.3 Å². The number of ether oxygens (including phenoxy) is 1. The van der Waals surface area contributed by atoms with Gasteiger partial charge in [0.25, 0.3) is 5.91 Å². The van der Waals surface area contributed by atoms with Crippen LogP contribution in [0.25, 0.3) is 0 Å². The number of nitrogens with one attached hydrogen (secondary N) is 3. The zero-order valence-corrected chi connectivity index (χ0v) is 13.0. The van der Waals surface area contributed by atoms with Crippen LogP contribution in [0.2, 0.25) is 0 Å². The Kier molecular flexibility index (Phi) is 3.49. The van der Waals surface area contributed by atoms with E-state index in [-0.39, 0.29) is 23.8 Å². The monoisotopic (exact) mass is 315 g/mol. The number of amides is 2. The Hall–Kier alpha value is -2.08. The van der Waals surface area contributed by atoms with E-state index in [1.807, 2.05) is 6.07 Å². The van der Waals surface area contributed by atoms with Gasteiger partial charge >= 0.3 is 0 Å². The fourth-order valence-corrected chi connectivity index (χ4v) is 4.10. The maximum absolute atomic E-state index is 12.9. The van der Waals surface area contributed by atoms with Gasteiger partial charge in [0.15, 0.2) is 6.61 Å². The van der Waals surface area contributed by atoms with Gasteiger partial charge in [-0.05, 0) is 37.4 Å². The molecule has 1 saturated heterocycles. The summed E-state index contributed by atoms with van der Waals surface area (Å²) in [6.45, 7) is 1.72. The Bertz CT molecular complexity index is 660. The molecule has 0 spiro atoms. The van der Waals surface area contributed by atoms with Crippen molar-refractivity contribution < 1.29 is 14.3 Å². The summed E-state index contributed by atoms with van der Waals surface area (Å²) in [6.07, 6.45) is 4.41.